The lowest BCUT2D eigenvalue weighted by Gasteiger charge is -2.21. The zero-order chi connectivity index (χ0) is 20.1. The number of hydrogen-bond acceptors (Lipinski definition) is 3. The minimum absolute atomic E-state index is 0.284. The van der Waals surface area contributed by atoms with E-state index in [0.717, 1.165) is 44.1 Å². The van der Waals surface area contributed by atoms with Gasteiger partial charge in [-0.1, -0.05) is 0 Å². The number of nitrogens with one attached hydrogen (secondary N) is 2. The second-order valence-electron chi connectivity index (χ2n) is 7.41. The van der Waals surface area contributed by atoms with Crippen LogP contribution in [0, 0.1) is 24.5 Å². The molecule has 1 aliphatic rings. The zero-order valence-electron chi connectivity index (χ0n) is 16.6. The maximum Gasteiger partial charge on any atom is 0.191 e. The minimum atomic E-state index is -0.803. The van der Waals surface area contributed by atoms with E-state index >= 15 is 0 Å². The summed E-state index contributed by atoms with van der Waals surface area (Å²) in [7, 11) is 1.78. The van der Waals surface area contributed by atoms with E-state index in [1.807, 2.05) is 11.3 Å². The third kappa shape index (κ3) is 5.44. The Hall–Kier alpha value is -2.15. The van der Waals surface area contributed by atoms with Crippen molar-refractivity contribution in [2.45, 2.75) is 32.7 Å². The largest absolute Gasteiger partial charge is 0.371 e. The Balaban J connectivity index is 1.45. The van der Waals surface area contributed by atoms with E-state index in [0.29, 0.717) is 5.92 Å². The molecule has 28 heavy (non-hydrogen) atoms. The number of aryl methyl sites for hydroxylation is 1. The van der Waals surface area contributed by atoms with Gasteiger partial charge in [0.15, 0.2) is 17.6 Å². The molecule has 1 fully saturated rings. The van der Waals surface area contributed by atoms with Gasteiger partial charge in [0.2, 0.25) is 0 Å². The summed E-state index contributed by atoms with van der Waals surface area (Å²) in [5.74, 6) is -0.365. The van der Waals surface area contributed by atoms with Crippen LogP contribution in [0.2, 0.25) is 0 Å². The van der Waals surface area contributed by atoms with Crippen LogP contribution in [0.3, 0.4) is 0 Å². The highest BCUT2D eigenvalue weighted by molar-refractivity contribution is 7.11. The molecule has 4 nitrogen and oxygen atoms in total. The summed E-state index contributed by atoms with van der Waals surface area (Å²) in [5.41, 5.74) is 0.740. The predicted octanol–water partition coefficient (Wildman–Crippen LogP) is 3.96. The highest BCUT2D eigenvalue weighted by Crippen LogP contribution is 2.25. The Morgan fingerprint density at radius 1 is 1.29 bits per heavy atom. The number of guanidine groups is 1. The number of rotatable bonds is 6. The minimum Gasteiger partial charge on any atom is -0.371 e. The molecular formula is C21H28F2N4S. The fraction of sp³-hybridized carbons (Fsp3) is 0.476. The summed E-state index contributed by atoms with van der Waals surface area (Å²) in [6, 6.07) is 8.73. The van der Waals surface area contributed by atoms with Gasteiger partial charge in [-0.2, -0.15) is 0 Å². The number of anilines is 1. The van der Waals surface area contributed by atoms with Gasteiger partial charge in [-0.25, -0.2) is 8.78 Å². The van der Waals surface area contributed by atoms with Crippen LogP contribution in [0.4, 0.5) is 14.5 Å². The lowest BCUT2D eigenvalue weighted by molar-refractivity contribution is 0.508. The molecule has 1 aromatic carbocycles. The molecule has 2 atom stereocenters. The quantitative estimate of drug-likeness (QED) is 0.564. The molecule has 2 heterocycles. The van der Waals surface area contributed by atoms with Gasteiger partial charge in [0, 0.05) is 60.7 Å². The van der Waals surface area contributed by atoms with Crippen molar-refractivity contribution < 1.29 is 8.78 Å². The molecule has 1 aliphatic heterocycles. The van der Waals surface area contributed by atoms with Gasteiger partial charge in [-0.3, -0.25) is 4.99 Å². The van der Waals surface area contributed by atoms with Gasteiger partial charge < -0.3 is 15.5 Å². The van der Waals surface area contributed by atoms with E-state index in [9.17, 15) is 8.78 Å². The molecule has 1 aromatic heterocycles. The Kier molecular flexibility index (Phi) is 6.88. The first kappa shape index (κ1) is 20.6. The summed E-state index contributed by atoms with van der Waals surface area (Å²) in [6.45, 7) is 6.74. The van der Waals surface area contributed by atoms with Crippen molar-refractivity contribution in [1.29, 1.82) is 0 Å². The number of hydrogen-bond donors (Lipinski definition) is 2. The number of aliphatic imine (C=N–C) groups is 1. The molecule has 0 aliphatic carbocycles. The van der Waals surface area contributed by atoms with Gasteiger partial charge in [-0.15, -0.1) is 11.3 Å². The molecule has 0 amide bonds. The first-order valence-electron chi connectivity index (χ1n) is 9.67. The maximum atomic E-state index is 13.5. The summed E-state index contributed by atoms with van der Waals surface area (Å²) in [5, 5.41) is 6.85. The first-order valence-corrected chi connectivity index (χ1v) is 10.5. The summed E-state index contributed by atoms with van der Waals surface area (Å²) >= 11 is 1.83. The molecule has 3 rings (SSSR count). The average Bonchev–Trinajstić information content (AvgIpc) is 3.30. The van der Waals surface area contributed by atoms with Crippen LogP contribution in [0.15, 0.2) is 35.3 Å². The molecular weight excluding hydrogens is 378 g/mol. The molecule has 1 saturated heterocycles. The predicted molar refractivity (Wildman–Crippen MR) is 113 cm³/mol. The van der Waals surface area contributed by atoms with E-state index in [1.165, 1.54) is 21.9 Å². The van der Waals surface area contributed by atoms with Crippen LogP contribution in [-0.2, 0) is 6.42 Å². The Bertz CT molecular complexity index is 820. The molecule has 0 spiro atoms. The zero-order valence-corrected chi connectivity index (χ0v) is 17.5. The highest BCUT2D eigenvalue weighted by atomic mass is 32.1. The van der Waals surface area contributed by atoms with Crippen molar-refractivity contribution in [3.63, 3.8) is 0 Å². The Labute approximate surface area is 169 Å². The monoisotopic (exact) mass is 406 g/mol. The van der Waals surface area contributed by atoms with E-state index in [-0.39, 0.29) is 6.04 Å². The second kappa shape index (κ2) is 9.37. The fourth-order valence-corrected chi connectivity index (χ4v) is 4.55. The van der Waals surface area contributed by atoms with Gasteiger partial charge >= 0.3 is 0 Å². The lowest BCUT2D eigenvalue weighted by Crippen LogP contribution is -2.44. The molecule has 0 radical (unpaired) electrons. The Morgan fingerprint density at radius 2 is 2.11 bits per heavy atom. The molecule has 2 N–H and O–H groups in total. The van der Waals surface area contributed by atoms with Crippen LogP contribution in [0.25, 0.3) is 0 Å². The number of halogens is 2. The van der Waals surface area contributed by atoms with Crippen LogP contribution in [0.1, 0.15) is 23.1 Å². The van der Waals surface area contributed by atoms with Crippen molar-refractivity contribution in [1.82, 2.24) is 10.6 Å². The van der Waals surface area contributed by atoms with Crippen LogP contribution < -0.4 is 15.5 Å². The molecule has 2 aromatic rings. The summed E-state index contributed by atoms with van der Waals surface area (Å²) < 4.78 is 26.6. The topological polar surface area (TPSA) is 39.7 Å². The SMILES string of the molecule is CN=C(NCC1CCN(c2ccc(F)c(F)c2)C1)NC(C)Cc1ccc(C)s1. The normalized spacial score (nSPS) is 18.4. The van der Waals surface area contributed by atoms with E-state index < -0.39 is 11.6 Å². The van der Waals surface area contributed by atoms with Crippen molar-refractivity contribution in [3.8, 4) is 0 Å². The summed E-state index contributed by atoms with van der Waals surface area (Å²) in [6.07, 6.45) is 1.97. The van der Waals surface area contributed by atoms with Crippen molar-refractivity contribution in [3.05, 3.63) is 51.7 Å². The molecule has 0 bridgehead atoms. The highest BCUT2D eigenvalue weighted by Gasteiger charge is 2.23. The van der Waals surface area contributed by atoms with Crippen molar-refractivity contribution in [2.75, 3.05) is 31.6 Å². The Morgan fingerprint density at radius 3 is 2.79 bits per heavy atom. The maximum absolute atomic E-state index is 13.5. The molecule has 7 heteroatoms. The number of nitrogens with zero attached hydrogens (tertiary/aromatic N) is 2. The third-order valence-corrected chi connectivity index (χ3v) is 6.05. The lowest BCUT2D eigenvalue weighted by atomic mass is 10.1. The van der Waals surface area contributed by atoms with Gasteiger partial charge in [0.1, 0.15) is 0 Å². The standard InChI is InChI=1S/C21H28F2N4S/c1-14(10-18-6-4-15(2)28-18)26-21(24-3)25-12-16-8-9-27(13-16)17-5-7-19(22)20(23)11-17/h4-7,11,14,16H,8-10,12-13H2,1-3H3,(H2,24,25,26). The molecule has 152 valence electrons. The average molecular weight is 407 g/mol. The van der Waals surface area contributed by atoms with Gasteiger partial charge in [0.25, 0.3) is 0 Å². The van der Waals surface area contributed by atoms with Gasteiger partial charge in [0.05, 0.1) is 0 Å². The van der Waals surface area contributed by atoms with E-state index in [1.54, 1.807) is 13.1 Å². The summed E-state index contributed by atoms with van der Waals surface area (Å²) in [4.78, 5) is 9.13. The van der Waals surface area contributed by atoms with E-state index in [2.05, 4.69) is 46.5 Å². The van der Waals surface area contributed by atoms with Crippen LogP contribution in [0.5, 0.6) is 0 Å². The van der Waals surface area contributed by atoms with Crippen LogP contribution in [-0.4, -0.2) is 38.7 Å². The van der Waals surface area contributed by atoms with Crippen molar-refractivity contribution in [2.24, 2.45) is 10.9 Å². The van der Waals surface area contributed by atoms with Gasteiger partial charge in [-0.05, 0) is 50.5 Å². The molecule has 2 unspecified atom stereocenters. The fourth-order valence-electron chi connectivity index (χ4n) is 3.53. The third-order valence-electron chi connectivity index (χ3n) is 5.02. The first-order chi connectivity index (χ1) is 13.4. The molecule has 0 saturated carbocycles. The second-order valence-corrected chi connectivity index (χ2v) is 8.79. The smallest absolute Gasteiger partial charge is 0.191 e. The number of thiophene rings is 1. The van der Waals surface area contributed by atoms with Crippen molar-refractivity contribution >= 4 is 23.0 Å². The number of benzene rings is 1. The van der Waals surface area contributed by atoms with Crippen LogP contribution >= 0.6 is 11.3 Å². The van der Waals surface area contributed by atoms with E-state index in [4.69, 9.17) is 0 Å².